The van der Waals surface area contributed by atoms with Crippen LogP contribution in [0.25, 0.3) is 0 Å². The van der Waals surface area contributed by atoms with E-state index in [1.54, 1.807) is 0 Å². The molecule has 0 saturated carbocycles. The largest absolute Gasteiger partial charge is 0.396 e. The molecule has 0 rings (SSSR count). The Morgan fingerprint density at radius 1 is 1.06 bits per heavy atom. The van der Waals surface area contributed by atoms with Gasteiger partial charge in [-0.15, -0.1) is 0 Å². The Bertz CT molecular complexity index is 189. The van der Waals surface area contributed by atoms with E-state index < -0.39 is 5.60 Å². The van der Waals surface area contributed by atoms with Crippen LogP contribution in [-0.4, -0.2) is 47.0 Å². The van der Waals surface area contributed by atoms with E-state index >= 15 is 0 Å². The zero-order valence-corrected chi connectivity index (χ0v) is 11.6. The molecule has 0 aliphatic heterocycles. The molecule has 0 fully saturated rings. The summed E-state index contributed by atoms with van der Waals surface area (Å²) in [5, 5.41) is 19.3. The van der Waals surface area contributed by atoms with E-state index in [-0.39, 0.29) is 12.0 Å². The van der Waals surface area contributed by atoms with Gasteiger partial charge in [-0.05, 0) is 26.8 Å². The summed E-state index contributed by atoms with van der Waals surface area (Å²) < 4.78 is 0. The van der Waals surface area contributed by atoms with Crippen molar-refractivity contribution in [2.45, 2.75) is 53.1 Å². The lowest BCUT2D eigenvalue weighted by Gasteiger charge is -2.36. The standard InChI is InChI=1S/C13H29NO2/c1-6-8-13(5,11-15)10-14(7-2)9-12(3,4)16/h15-16H,6-11H2,1-5H3. The van der Waals surface area contributed by atoms with Crippen molar-refractivity contribution in [3.63, 3.8) is 0 Å². The van der Waals surface area contributed by atoms with E-state index in [9.17, 15) is 10.2 Å². The van der Waals surface area contributed by atoms with Crippen molar-refractivity contribution in [2.75, 3.05) is 26.2 Å². The molecule has 16 heavy (non-hydrogen) atoms. The molecule has 3 heteroatoms. The highest BCUT2D eigenvalue weighted by Crippen LogP contribution is 2.24. The molecule has 2 N–H and O–H groups in total. The zero-order valence-electron chi connectivity index (χ0n) is 11.6. The summed E-state index contributed by atoms with van der Waals surface area (Å²) in [4.78, 5) is 2.21. The summed E-state index contributed by atoms with van der Waals surface area (Å²) in [5.41, 5.74) is -0.714. The van der Waals surface area contributed by atoms with Gasteiger partial charge in [-0.1, -0.05) is 27.2 Å². The van der Waals surface area contributed by atoms with Gasteiger partial charge >= 0.3 is 0 Å². The highest BCUT2D eigenvalue weighted by atomic mass is 16.3. The molecule has 0 saturated heterocycles. The van der Waals surface area contributed by atoms with Crippen LogP contribution in [0.15, 0.2) is 0 Å². The lowest BCUT2D eigenvalue weighted by molar-refractivity contribution is 0.0111. The average Bonchev–Trinajstić information content (AvgIpc) is 2.15. The lowest BCUT2D eigenvalue weighted by atomic mass is 9.85. The third-order valence-corrected chi connectivity index (χ3v) is 2.90. The van der Waals surface area contributed by atoms with Crippen LogP contribution >= 0.6 is 0 Å². The summed E-state index contributed by atoms with van der Waals surface area (Å²) in [6.07, 6.45) is 2.10. The molecule has 0 radical (unpaired) electrons. The Hall–Kier alpha value is -0.120. The van der Waals surface area contributed by atoms with E-state index in [1.807, 2.05) is 13.8 Å². The molecule has 3 nitrogen and oxygen atoms in total. The second-order valence-corrected chi connectivity index (χ2v) is 5.83. The van der Waals surface area contributed by atoms with Gasteiger partial charge in [0.1, 0.15) is 0 Å². The van der Waals surface area contributed by atoms with Crippen LogP contribution in [0.2, 0.25) is 0 Å². The molecule has 0 heterocycles. The summed E-state index contributed by atoms with van der Waals surface area (Å²) in [5.74, 6) is 0. The van der Waals surface area contributed by atoms with Gasteiger partial charge in [0, 0.05) is 25.1 Å². The number of hydrogen-bond donors (Lipinski definition) is 2. The van der Waals surface area contributed by atoms with E-state index in [0.29, 0.717) is 6.54 Å². The molecule has 1 unspecified atom stereocenters. The third-order valence-electron chi connectivity index (χ3n) is 2.90. The number of hydrogen-bond acceptors (Lipinski definition) is 3. The van der Waals surface area contributed by atoms with Gasteiger partial charge in [0.2, 0.25) is 0 Å². The molecule has 0 aromatic carbocycles. The zero-order chi connectivity index (χ0) is 12.8. The predicted octanol–water partition coefficient (Wildman–Crippen LogP) is 1.88. The molecule has 1 atom stereocenters. The monoisotopic (exact) mass is 231 g/mol. The van der Waals surface area contributed by atoms with Crippen LogP contribution in [0, 0.1) is 5.41 Å². The van der Waals surface area contributed by atoms with Crippen molar-refractivity contribution < 1.29 is 10.2 Å². The van der Waals surface area contributed by atoms with Gasteiger partial charge in [-0.3, -0.25) is 0 Å². The number of likely N-dealkylation sites (N-methyl/N-ethyl adjacent to an activating group) is 1. The molecule has 0 aliphatic rings. The topological polar surface area (TPSA) is 43.7 Å². The second-order valence-electron chi connectivity index (χ2n) is 5.83. The third kappa shape index (κ3) is 6.46. The Labute approximate surface area is 100 Å². The number of aliphatic hydroxyl groups excluding tert-OH is 1. The Balaban J connectivity index is 4.38. The van der Waals surface area contributed by atoms with Gasteiger partial charge in [0.05, 0.1) is 5.60 Å². The first-order valence-corrected chi connectivity index (χ1v) is 6.32. The minimum atomic E-state index is -0.668. The van der Waals surface area contributed by atoms with Crippen LogP contribution in [0.3, 0.4) is 0 Å². The number of nitrogens with zero attached hydrogens (tertiary/aromatic N) is 1. The highest BCUT2D eigenvalue weighted by molar-refractivity contribution is 4.80. The molecule has 0 aromatic rings. The van der Waals surface area contributed by atoms with E-state index in [0.717, 1.165) is 25.9 Å². The van der Waals surface area contributed by atoms with E-state index in [2.05, 4.69) is 25.7 Å². The normalized spacial score (nSPS) is 16.5. The Morgan fingerprint density at radius 2 is 1.62 bits per heavy atom. The molecule has 0 amide bonds. The highest BCUT2D eigenvalue weighted by Gasteiger charge is 2.27. The lowest BCUT2D eigenvalue weighted by Crippen LogP contribution is -2.44. The van der Waals surface area contributed by atoms with Crippen molar-refractivity contribution in [3.05, 3.63) is 0 Å². The van der Waals surface area contributed by atoms with E-state index in [1.165, 1.54) is 0 Å². The minimum absolute atomic E-state index is 0.0456. The fourth-order valence-electron chi connectivity index (χ4n) is 2.18. The van der Waals surface area contributed by atoms with Crippen molar-refractivity contribution in [1.82, 2.24) is 4.90 Å². The molecule has 98 valence electrons. The van der Waals surface area contributed by atoms with E-state index in [4.69, 9.17) is 0 Å². The van der Waals surface area contributed by atoms with Crippen LogP contribution < -0.4 is 0 Å². The fraction of sp³-hybridized carbons (Fsp3) is 1.00. The summed E-state index contributed by atoms with van der Waals surface area (Å²) in [6, 6.07) is 0. The molecule has 0 bridgehead atoms. The van der Waals surface area contributed by atoms with Gasteiger partial charge in [0.15, 0.2) is 0 Å². The van der Waals surface area contributed by atoms with Crippen LogP contribution in [0.4, 0.5) is 0 Å². The average molecular weight is 231 g/mol. The van der Waals surface area contributed by atoms with Crippen molar-refractivity contribution in [1.29, 1.82) is 0 Å². The molecule has 0 aliphatic carbocycles. The first kappa shape index (κ1) is 15.9. The number of aliphatic hydroxyl groups is 2. The SMILES string of the molecule is CCCC(C)(CO)CN(CC)CC(C)(C)O. The maximum absolute atomic E-state index is 9.81. The van der Waals surface area contributed by atoms with Crippen LogP contribution in [-0.2, 0) is 0 Å². The van der Waals surface area contributed by atoms with Gasteiger partial charge in [0.25, 0.3) is 0 Å². The van der Waals surface area contributed by atoms with Gasteiger partial charge < -0.3 is 15.1 Å². The first-order valence-electron chi connectivity index (χ1n) is 6.32. The van der Waals surface area contributed by atoms with Crippen molar-refractivity contribution in [3.8, 4) is 0 Å². The number of rotatable bonds is 8. The van der Waals surface area contributed by atoms with Crippen molar-refractivity contribution >= 4 is 0 Å². The predicted molar refractivity (Wildman–Crippen MR) is 68.5 cm³/mol. The van der Waals surface area contributed by atoms with Crippen LogP contribution in [0.1, 0.15) is 47.5 Å². The maximum Gasteiger partial charge on any atom is 0.0718 e. The molecule has 0 aromatic heterocycles. The second kappa shape index (κ2) is 6.58. The fourth-order valence-corrected chi connectivity index (χ4v) is 2.18. The maximum atomic E-state index is 9.81. The summed E-state index contributed by atoms with van der Waals surface area (Å²) in [7, 11) is 0. The quantitative estimate of drug-likeness (QED) is 0.670. The smallest absolute Gasteiger partial charge is 0.0718 e. The molecule has 0 spiro atoms. The Morgan fingerprint density at radius 3 is 1.94 bits per heavy atom. The summed E-state index contributed by atoms with van der Waals surface area (Å²) >= 11 is 0. The summed E-state index contributed by atoms with van der Waals surface area (Å²) in [6.45, 7) is 12.6. The first-order chi connectivity index (χ1) is 7.26. The van der Waals surface area contributed by atoms with Gasteiger partial charge in [-0.25, -0.2) is 0 Å². The van der Waals surface area contributed by atoms with Crippen LogP contribution in [0.5, 0.6) is 0 Å². The van der Waals surface area contributed by atoms with Crippen molar-refractivity contribution in [2.24, 2.45) is 5.41 Å². The molecular formula is C13H29NO2. The molecular weight excluding hydrogens is 202 g/mol. The Kier molecular flexibility index (Phi) is 6.53. The van der Waals surface area contributed by atoms with Gasteiger partial charge in [-0.2, -0.15) is 0 Å². The minimum Gasteiger partial charge on any atom is -0.396 e.